The molecule has 2 rings (SSSR count). The molecule has 1 heterocycles. The fraction of sp³-hybridized carbons (Fsp3) is 0.364. The largest absolute Gasteiger partial charge is 0.416 e. The lowest BCUT2D eigenvalue weighted by Crippen LogP contribution is -2.47. The van der Waals surface area contributed by atoms with Gasteiger partial charge >= 0.3 is 6.18 Å². The van der Waals surface area contributed by atoms with Crippen molar-refractivity contribution in [1.29, 1.82) is 0 Å². The van der Waals surface area contributed by atoms with Gasteiger partial charge in [0.25, 0.3) is 0 Å². The number of hydrogen-bond acceptors (Lipinski definition) is 2. The van der Waals surface area contributed by atoms with Crippen molar-refractivity contribution in [2.24, 2.45) is 0 Å². The van der Waals surface area contributed by atoms with Gasteiger partial charge in [-0.05, 0) is 17.7 Å². The van der Waals surface area contributed by atoms with E-state index in [1.165, 1.54) is 12.1 Å². The second-order valence-corrected chi connectivity index (χ2v) is 3.80. The lowest BCUT2D eigenvalue weighted by Gasteiger charge is -2.23. The molecule has 1 atom stereocenters. The van der Waals surface area contributed by atoms with E-state index in [1.54, 1.807) is 0 Å². The smallest absolute Gasteiger partial charge is 0.353 e. The van der Waals surface area contributed by atoms with Gasteiger partial charge in [0, 0.05) is 13.1 Å². The topological polar surface area (TPSA) is 41.1 Å². The highest BCUT2D eigenvalue weighted by molar-refractivity contribution is 5.83. The summed E-state index contributed by atoms with van der Waals surface area (Å²) in [7, 11) is 0. The molecular weight excluding hydrogens is 233 g/mol. The number of carbonyl (C=O) groups is 1. The lowest BCUT2D eigenvalue weighted by atomic mass is 10.0. The van der Waals surface area contributed by atoms with Gasteiger partial charge in [-0.25, -0.2) is 0 Å². The Balaban J connectivity index is 2.20. The zero-order valence-corrected chi connectivity index (χ0v) is 8.84. The van der Waals surface area contributed by atoms with E-state index in [2.05, 4.69) is 10.6 Å². The third-order valence-corrected chi connectivity index (χ3v) is 2.61. The third kappa shape index (κ3) is 2.58. The summed E-state index contributed by atoms with van der Waals surface area (Å²) in [6, 6.07) is 4.06. The van der Waals surface area contributed by atoms with Crippen molar-refractivity contribution in [3.63, 3.8) is 0 Å². The van der Waals surface area contributed by atoms with Crippen LogP contribution in [0.3, 0.4) is 0 Å². The maximum atomic E-state index is 12.3. The summed E-state index contributed by atoms with van der Waals surface area (Å²) in [6.07, 6.45) is -4.35. The number of rotatable bonds is 1. The first-order valence-electron chi connectivity index (χ1n) is 5.17. The summed E-state index contributed by atoms with van der Waals surface area (Å²) in [5.74, 6) is -0.212. The van der Waals surface area contributed by atoms with E-state index in [1.807, 2.05) is 0 Å². The van der Waals surface area contributed by atoms with Gasteiger partial charge in [-0.3, -0.25) is 4.79 Å². The van der Waals surface area contributed by atoms with Crippen molar-refractivity contribution in [3.05, 3.63) is 35.4 Å². The summed E-state index contributed by atoms with van der Waals surface area (Å²) in [5, 5.41) is 5.60. The molecule has 0 aliphatic carbocycles. The molecule has 0 spiro atoms. The second-order valence-electron chi connectivity index (χ2n) is 3.80. The van der Waals surface area contributed by atoms with Crippen molar-refractivity contribution >= 4 is 5.91 Å². The zero-order valence-electron chi connectivity index (χ0n) is 8.84. The van der Waals surface area contributed by atoms with Gasteiger partial charge in [0.2, 0.25) is 5.91 Å². The van der Waals surface area contributed by atoms with Gasteiger partial charge in [-0.1, -0.05) is 12.1 Å². The molecule has 0 unspecified atom stereocenters. The molecule has 0 radical (unpaired) electrons. The van der Waals surface area contributed by atoms with E-state index in [4.69, 9.17) is 0 Å². The maximum Gasteiger partial charge on any atom is 0.416 e. The Morgan fingerprint density at radius 2 is 1.76 bits per heavy atom. The number of hydrogen-bond donors (Lipinski definition) is 2. The Hall–Kier alpha value is -1.56. The van der Waals surface area contributed by atoms with Gasteiger partial charge in [0.1, 0.15) is 6.04 Å². The minimum Gasteiger partial charge on any atom is -0.353 e. The van der Waals surface area contributed by atoms with E-state index >= 15 is 0 Å². The highest BCUT2D eigenvalue weighted by atomic mass is 19.4. The lowest BCUT2D eigenvalue weighted by molar-refractivity contribution is -0.137. The Morgan fingerprint density at radius 1 is 1.12 bits per heavy atom. The molecule has 1 aromatic carbocycles. The van der Waals surface area contributed by atoms with Gasteiger partial charge in [0.15, 0.2) is 0 Å². The van der Waals surface area contributed by atoms with E-state index in [0.717, 1.165) is 12.1 Å². The van der Waals surface area contributed by atoms with Crippen molar-refractivity contribution in [2.45, 2.75) is 12.2 Å². The first-order chi connectivity index (χ1) is 7.98. The Labute approximate surface area is 96.0 Å². The molecule has 0 aromatic heterocycles. The van der Waals surface area contributed by atoms with E-state index in [0.29, 0.717) is 18.7 Å². The number of benzene rings is 1. The van der Waals surface area contributed by atoms with Crippen LogP contribution in [0.4, 0.5) is 13.2 Å². The van der Waals surface area contributed by atoms with Gasteiger partial charge in [-0.15, -0.1) is 0 Å². The summed E-state index contributed by atoms with van der Waals surface area (Å²) in [5.41, 5.74) is -0.173. The zero-order chi connectivity index (χ0) is 12.5. The molecule has 3 nitrogen and oxygen atoms in total. The van der Waals surface area contributed by atoms with E-state index in [9.17, 15) is 18.0 Å². The minimum absolute atomic E-state index is 0.212. The first kappa shape index (κ1) is 11.9. The van der Waals surface area contributed by atoms with Crippen LogP contribution in [0.5, 0.6) is 0 Å². The van der Waals surface area contributed by atoms with Crippen LogP contribution in [0.15, 0.2) is 24.3 Å². The Kier molecular flexibility index (Phi) is 3.06. The van der Waals surface area contributed by atoms with Gasteiger partial charge < -0.3 is 10.6 Å². The molecular formula is C11H11F3N2O. The van der Waals surface area contributed by atoms with Crippen LogP contribution in [0.1, 0.15) is 17.2 Å². The fourth-order valence-electron chi connectivity index (χ4n) is 1.73. The molecule has 2 N–H and O–H groups in total. The quantitative estimate of drug-likeness (QED) is 0.785. The number of halogens is 3. The molecule has 1 aliphatic rings. The minimum atomic E-state index is -4.35. The predicted molar refractivity (Wildman–Crippen MR) is 55.2 cm³/mol. The van der Waals surface area contributed by atoms with Crippen LogP contribution in [0.2, 0.25) is 0 Å². The van der Waals surface area contributed by atoms with Crippen LogP contribution in [-0.4, -0.2) is 19.0 Å². The van der Waals surface area contributed by atoms with Crippen LogP contribution in [0, 0.1) is 0 Å². The molecule has 1 fully saturated rings. The van der Waals surface area contributed by atoms with Crippen molar-refractivity contribution in [1.82, 2.24) is 10.6 Å². The molecule has 0 saturated carbocycles. The van der Waals surface area contributed by atoms with Crippen LogP contribution >= 0.6 is 0 Å². The number of amides is 1. The van der Waals surface area contributed by atoms with Crippen molar-refractivity contribution in [2.75, 3.05) is 13.1 Å². The highest BCUT2D eigenvalue weighted by Crippen LogP contribution is 2.30. The Morgan fingerprint density at radius 3 is 2.29 bits per heavy atom. The Bertz CT molecular complexity index is 414. The van der Waals surface area contributed by atoms with Crippen molar-refractivity contribution in [3.8, 4) is 0 Å². The molecule has 1 saturated heterocycles. The van der Waals surface area contributed by atoms with Crippen molar-refractivity contribution < 1.29 is 18.0 Å². The predicted octanol–water partition coefficient (Wildman–Crippen LogP) is 1.47. The van der Waals surface area contributed by atoms with Crippen LogP contribution < -0.4 is 10.6 Å². The van der Waals surface area contributed by atoms with E-state index in [-0.39, 0.29) is 5.91 Å². The molecule has 6 heteroatoms. The molecule has 92 valence electrons. The summed E-state index contributed by atoms with van der Waals surface area (Å²) >= 11 is 0. The highest BCUT2D eigenvalue weighted by Gasteiger charge is 2.31. The fourth-order valence-corrected chi connectivity index (χ4v) is 1.73. The average molecular weight is 244 g/mol. The summed E-state index contributed by atoms with van der Waals surface area (Å²) in [6.45, 7) is 1.15. The number of nitrogens with one attached hydrogen (secondary N) is 2. The van der Waals surface area contributed by atoms with Gasteiger partial charge in [0.05, 0.1) is 5.56 Å². The molecule has 0 bridgehead atoms. The second kappa shape index (κ2) is 4.37. The van der Waals surface area contributed by atoms with Crippen LogP contribution in [0.25, 0.3) is 0 Å². The third-order valence-electron chi connectivity index (χ3n) is 2.61. The maximum absolute atomic E-state index is 12.3. The number of piperazine rings is 1. The number of alkyl halides is 3. The molecule has 1 amide bonds. The number of carbonyl (C=O) groups excluding carboxylic acids is 1. The summed E-state index contributed by atoms with van der Waals surface area (Å²) < 4.78 is 37.0. The average Bonchev–Trinajstić information content (AvgIpc) is 2.29. The first-order valence-corrected chi connectivity index (χ1v) is 5.17. The summed E-state index contributed by atoms with van der Waals surface area (Å²) in [4.78, 5) is 11.5. The molecule has 1 aromatic rings. The standard InChI is InChI=1S/C11H11F3N2O/c12-11(13,14)8-3-1-7(2-4-8)9-10(17)16-6-5-15-9/h1-4,9,15H,5-6H2,(H,16,17)/t9-/m1/s1. The molecule has 1 aliphatic heterocycles. The van der Waals surface area contributed by atoms with Crippen LogP contribution in [-0.2, 0) is 11.0 Å². The normalized spacial score (nSPS) is 21.1. The molecule has 17 heavy (non-hydrogen) atoms. The SMILES string of the molecule is O=C1NCCN[C@@H]1c1ccc(C(F)(F)F)cc1. The van der Waals surface area contributed by atoms with Gasteiger partial charge in [-0.2, -0.15) is 13.2 Å². The van der Waals surface area contributed by atoms with E-state index < -0.39 is 17.8 Å². The monoisotopic (exact) mass is 244 g/mol.